The van der Waals surface area contributed by atoms with Gasteiger partial charge in [-0.3, -0.25) is 14.6 Å². The molecule has 4 nitrogen and oxygen atoms in total. The molecule has 1 aromatic heterocycles. The summed E-state index contributed by atoms with van der Waals surface area (Å²) in [6.45, 7) is 9.12. The second-order valence-corrected chi connectivity index (χ2v) is 7.80. The molecule has 1 fully saturated rings. The van der Waals surface area contributed by atoms with Gasteiger partial charge in [0.2, 0.25) is 5.91 Å². The second-order valence-electron chi connectivity index (χ2n) is 6.96. The molecule has 1 aliphatic rings. The Balaban J connectivity index is 1.74. The molecule has 2 heterocycles. The summed E-state index contributed by atoms with van der Waals surface area (Å²) in [4.78, 5) is 21.2. The number of rotatable bonds is 5. The number of anilines is 2. The molecular formula is C20H27N3OS. The number of carbonyl (C=O) groups is 1. The fraction of sp³-hybridized carbons (Fsp3) is 0.500. The van der Waals surface area contributed by atoms with Gasteiger partial charge in [-0.25, -0.2) is 4.98 Å². The Hall–Kier alpha value is -1.72. The second kappa shape index (κ2) is 8.11. The lowest BCUT2D eigenvalue weighted by molar-refractivity contribution is -0.115. The van der Waals surface area contributed by atoms with E-state index in [4.69, 9.17) is 4.98 Å². The van der Waals surface area contributed by atoms with Crippen molar-refractivity contribution in [3.63, 3.8) is 0 Å². The number of aryl methyl sites for hydroxylation is 1. The quantitative estimate of drug-likeness (QED) is 0.774. The molecule has 1 amide bonds. The molecule has 3 rings (SSSR count). The molecule has 5 heteroatoms. The first kappa shape index (κ1) is 18.1. The average molecular weight is 358 g/mol. The van der Waals surface area contributed by atoms with Gasteiger partial charge in [0.1, 0.15) is 0 Å². The summed E-state index contributed by atoms with van der Waals surface area (Å²) in [6, 6.07) is 8.01. The van der Waals surface area contributed by atoms with Crippen LogP contribution in [0.1, 0.15) is 44.4 Å². The van der Waals surface area contributed by atoms with Crippen LogP contribution in [0.25, 0.3) is 0 Å². The number of likely N-dealkylation sites (tertiary alicyclic amines) is 1. The predicted octanol–water partition coefficient (Wildman–Crippen LogP) is 4.76. The number of piperidine rings is 1. The number of thiazole rings is 1. The fourth-order valence-corrected chi connectivity index (χ4v) is 4.33. The fourth-order valence-electron chi connectivity index (χ4n) is 3.45. The highest BCUT2D eigenvalue weighted by Crippen LogP contribution is 2.30. The van der Waals surface area contributed by atoms with Crippen LogP contribution in [-0.4, -0.2) is 28.9 Å². The summed E-state index contributed by atoms with van der Waals surface area (Å²) < 4.78 is 0. The Labute approximate surface area is 154 Å². The molecule has 134 valence electrons. The minimum atomic E-state index is -0.00577. The highest BCUT2D eigenvalue weighted by molar-refractivity contribution is 7.14. The first-order valence-electron chi connectivity index (χ1n) is 9.11. The molecule has 0 radical (unpaired) electrons. The maximum Gasteiger partial charge on any atom is 0.230 e. The third-order valence-corrected chi connectivity index (χ3v) is 5.78. The van der Waals surface area contributed by atoms with Crippen molar-refractivity contribution in [2.24, 2.45) is 5.92 Å². The SMILES string of the molecule is CCC1CCCN(Cc2csc(N(C(C)=O)c3ccc(C)cc3)n2)C1. The third kappa shape index (κ3) is 4.47. The number of benzene rings is 1. The summed E-state index contributed by atoms with van der Waals surface area (Å²) in [5.74, 6) is 0.807. The summed E-state index contributed by atoms with van der Waals surface area (Å²) in [5, 5.41) is 2.85. The molecule has 0 N–H and O–H groups in total. The Bertz CT molecular complexity index is 710. The summed E-state index contributed by atoms with van der Waals surface area (Å²) in [5.41, 5.74) is 3.13. The van der Waals surface area contributed by atoms with E-state index in [1.165, 1.54) is 24.8 Å². The van der Waals surface area contributed by atoms with Crippen LogP contribution in [0.5, 0.6) is 0 Å². The Morgan fingerprint density at radius 2 is 2.12 bits per heavy atom. The summed E-state index contributed by atoms with van der Waals surface area (Å²) in [6.07, 6.45) is 3.88. The van der Waals surface area contributed by atoms with Gasteiger partial charge in [0, 0.05) is 25.4 Å². The molecule has 0 spiro atoms. The molecule has 0 saturated carbocycles. The molecule has 1 aliphatic heterocycles. The lowest BCUT2D eigenvalue weighted by Crippen LogP contribution is -2.34. The molecule has 1 aromatic carbocycles. The van der Waals surface area contributed by atoms with Gasteiger partial charge in [0.25, 0.3) is 0 Å². The van der Waals surface area contributed by atoms with Crippen molar-refractivity contribution in [2.75, 3.05) is 18.0 Å². The van der Waals surface area contributed by atoms with Crippen LogP contribution in [0.3, 0.4) is 0 Å². The lowest BCUT2D eigenvalue weighted by atomic mass is 9.96. The smallest absolute Gasteiger partial charge is 0.230 e. The minimum absolute atomic E-state index is 0.00577. The van der Waals surface area contributed by atoms with Gasteiger partial charge in [-0.15, -0.1) is 11.3 Å². The number of nitrogens with zero attached hydrogens (tertiary/aromatic N) is 3. The highest BCUT2D eigenvalue weighted by atomic mass is 32.1. The number of hydrogen-bond donors (Lipinski definition) is 0. The number of hydrogen-bond acceptors (Lipinski definition) is 4. The highest BCUT2D eigenvalue weighted by Gasteiger charge is 2.21. The first-order valence-corrected chi connectivity index (χ1v) is 9.99. The van der Waals surface area contributed by atoms with Crippen LogP contribution >= 0.6 is 11.3 Å². The van der Waals surface area contributed by atoms with Crippen LogP contribution in [0.2, 0.25) is 0 Å². The van der Waals surface area contributed by atoms with Crippen LogP contribution < -0.4 is 4.90 Å². The van der Waals surface area contributed by atoms with E-state index in [1.54, 1.807) is 23.2 Å². The van der Waals surface area contributed by atoms with Crippen molar-refractivity contribution in [3.8, 4) is 0 Å². The van der Waals surface area contributed by atoms with E-state index >= 15 is 0 Å². The topological polar surface area (TPSA) is 36.4 Å². The summed E-state index contributed by atoms with van der Waals surface area (Å²) >= 11 is 1.55. The van der Waals surface area contributed by atoms with Crippen LogP contribution in [-0.2, 0) is 11.3 Å². The van der Waals surface area contributed by atoms with Gasteiger partial charge in [-0.1, -0.05) is 31.0 Å². The maximum absolute atomic E-state index is 12.2. The maximum atomic E-state index is 12.2. The van der Waals surface area contributed by atoms with Gasteiger partial charge in [-0.05, 0) is 44.4 Å². The molecule has 1 saturated heterocycles. The van der Waals surface area contributed by atoms with Crippen molar-refractivity contribution in [1.82, 2.24) is 9.88 Å². The predicted molar refractivity (Wildman–Crippen MR) is 104 cm³/mol. The van der Waals surface area contributed by atoms with E-state index in [9.17, 15) is 4.79 Å². The average Bonchev–Trinajstić information content (AvgIpc) is 3.04. The lowest BCUT2D eigenvalue weighted by Gasteiger charge is -2.31. The normalized spacial score (nSPS) is 18.3. The van der Waals surface area contributed by atoms with Gasteiger partial charge >= 0.3 is 0 Å². The number of amides is 1. The molecule has 1 unspecified atom stereocenters. The van der Waals surface area contributed by atoms with Crippen molar-refractivity contribution in [2.45, 2.75) is 46.6 Å². The van der Waals surface area contributed by atoms with E-state index in [0.717, 1.165) is 42.1 Å². The van der Waals surface area contributed by atoms with Crippen LogP contribution in [0.4, 0.5) is 10.8 Å². The van der Waals surface area contributed by atoms with Crippen molar-refractivity contribution in [1.29, 1.82) is 0 Å². The van der Waals surface area contributed by atoms with Crippen LogP contribution in [0, 0.1) is 12.8 Å². The van der Waals surface area contributed by atoms with E-state index in [1.807, 2.05) is 31.2 Å². The Kier molecular flexibility index (Phi) is 5.86. The Morgan fingerprint density at radius 3 is 2.80 bits per heavy atom. The van der Waals surface area contributed by atoms with E-state index in [-0.39, 0.29) is 5.91 Å². The van der Waals surface area contributed by atoms with Crippen molar-refractivity contribution in [3.05, 3.63) is 40.9 Å². The molecule has 0 bridgehead atoms. The van der Waals surface area contributed by atoms with Crippen molar-refractivity contribution < 1.29 is 4.79 Å². The van der Waals surface area contributed by atoms with E-state index < -0.39 is 0 Å². The largest absolute Gasteiger partial charge is 0.297 e. The van der Waals surface area contributed by atoms with E-state index in [0.29, 0.717) is 0 Å². The van der Waals surface area contributed by atoms with Gasteiger partial charge in [0.05, 0.1) is 11.4 Å². The number of carbonyl (C=O) groups excluding carboxylic acids is 1. The summed E-state index contributed by atoms with van der Waals surface area (Å²) in [7, 11) is 0. The Morgan fingerprint density at radius 1 is 1.36 bits per heavy atom. The van der Waals surface area contributed by atoms with Crippen molar-refractivity contribution >= 4 is 28.1 Å². The zero-order valence-corrected chi connectivity index (χ0v) is 16.2. The standard InChI is InChI=1S/C20H27N3OS/c1-4-17-6-5-11-22(12-17)13-18-14-25-20(21-18)23(16(3)24)19-9-7-15(2)8-10-19/h7-10,14,17H,4-6,11-13H2,1-3H3. The molecule has 25 heavy (non-hydrogen) atoms. The van der Waals surface area contributed by atoms with Gasteiger partial charge in [0.15, 0.2) is 5.13 Å². The molecular weight excluding hydrogens is 330 g/mol. The number of aromatic nitrogens is 1. The van der Waals surface area contributed by atoms with Gasteiger partial charge in [-0.2, -0.15) is 0 Å². The zero-order chi connectivity index (χ0) is 17.8. The van der Waals surface area contributed by atoms with Gasteiger partial charge < -0.3 is 0 Å². The van der Waals surface area contributed by atoms with Crippen LogP contribution in [0.15, 0.2) is 29.6 Å². The first-order chi connectivity index (χ1) is 12.1. The molecule has 1 atom stereocenters. The van der Waals surface area contributed by atoms with E-state index in [2.05, 4.69) is 17.2 Å². The zero-order valence-electron chi connectivity index (χ0n) is 15.4. The molecule has 2 aromatic rings. The minimum Gasteiger partial charge on any atom is -0.297 e. The third-order valence-electron chi connectivity index (χ3n) is 4.90. The molecule has 0 aliphatic carbocycles. The monoisotopic (exact) mass is 357 g/mol.